The number of anilines is 1. The summed E-state index contributed by atoms with van der Waals surface area (Å²) in [6.07, 6.45) is -5.39. The van der Waals surface area contributed by atoms with E-state index in [0.717, 1.165) is 41.3 Å². The molecule has 2 N–H and O–H groups in total. The number of amides is 3. The van der Waals surface area contributed by atoms with Gasteiger partial charge in [-0.2, -0.15) is 18.3 Å². The zero-order valence-corrected chi connectivity index (χ0v) is 17.2. The maximum Gasteiger partial charge on any atom is 0.416 e. The fraction of sp³-hybridized carbons (Fsp3) is 0.250. The highest BCUT2D eigenvalue weighted by molar-refractivity contribution is 6.30. The van der Waals surface area contributed by atoms with E-state index in [1.165, 1.54) is 0 Å². The van der Waals surface area contributed by atoms with Gasteiger partial charge in [-0.1, -0.05) is 23.7 Å². The molecule has 0 saturated carbocycles. The van der Waals surface area contributed by atoms with Crippen molar-refractivity contribution in [2.75, 3.05) is 18.6 Å². The van der Waals surface area contributed by atoms with Crippen molar-refractivity contribution < 1.29 is 27.5 Å². The summed E-state index contributed by atoms with van der Waals surface area (Å²) in [6.45, 7) is 1.47. The van der Waals surface area contributed by atoms with Crippen molar-refractivity contribution in [3.8, 4) is 0 Å². The van der Waals surface area contributed by atoms with E-state index in [1.807, 2.05) is 0 Å². The molecule has 0 spiro atoms. The molecule has 0 radical (unpaired) electrons. The van der Waals surface area contributed by atoms with Crippen molar-refractivity contribution in [1.82, 2.24) is 5.01 Å². The number of nitrogens with zero attached hydrogens (tertiary/aromatic N) is 3. The molecule has 3 rings (SSSR count). The van der Waals surface area contributed by atoms with Crippen LogP contribution in [0.25, 0.3) is 0 Å². The van der Waals surface area contributed by atoms with Crippen LogP contribution in [0, 0.1) is 0 Å². The number of carbonyl (C=O) groups is 2. The first-order valence-corrected chi connectivity index (χ1v) is 9.32. The van der Waals surface area contributed by atoms with Crippen LogP contribution in [0.15, 0.2) is 53.6 Å². The summed E-state index contributed by atoms with van der Waals surface area (Å²) in [5.41, 5.74) is 4.16. The first-order valence-electron chi connectivity index (χ1n) is 8.95. The minimum absolute atomic E-state index is 0.121. The van der Waals surface area contributed by atoms with Crippen LogP contribution in [-0.2, 0) is 10.9 Å². The summed E-state index contributed by atoms with van der Waals surface area (Å²) >= 11 is 5.95. The number of hydrogen-bond acceptors (Lipinski definition) is 4. The summed E-state index contributed by atoms with van der Waals surface area (Å²) < 4.78 is 43.8. The minimum Gasteiger partial charge on any atom is -0.452 e. The zero-order valence-electron chi connectivity index (χ0n) is 16.5. The van der Waals surface area contributed by atoms with Crippen LogP contribution in [0.1, 0.15) is 18.1 Å². The number of benzene rings is 2. The van der Waals surface area contributed by atoms with Gasteiger partial charge in [0.25, 0.3) is 0 Å². The Balaban J connectivity index is 2.14. The number of hydrazone groups is 1. The zero-order chi connectivity index (χ0) is 23.0. The monoisotopic (exact) mass is 454 g/mol. The van der Waals surface area contributed by atoms with Crippen LogP contribution in [0.2, 0.25) is 5.02 Å². The molecule has 2 aromatic rings. The smallest absolute Gasteiger partial charge is 0.416 e. The summed E-state index contributed by atoms with van der Waals surface area (Å²) in [4.78, 5) is 25.7. The molecular formula is C20H18ClF3N4O3. The molecule has 1 heterocycles. The van der Waals surface area contributed by atoms with Crippen LogP contribution < -0.4 is 10.6 Å². The summed E-state index contributed by atoms with van der Waals surface area (Å²) in [5.74, 6) is 0. The molecule has 2 aromatic carbocycles. The van der Waals surface area contributed by atoms with E-state index in [1.54, 1.807) is 31.2 Å². The number of halogens is 4. The quantitative estimate of drug-likeness (QED) is 0.741. The Morgan fingerprint density at radius 3 is 2.23 bits per heavy atom. The van der Waals surface area contributed by atoms with Crippen LogP contribution in [0.4, 0.5) is 28.4 Å². The normalized spacial score (nSPS) is 18.5. The average Bonchev–Trinajstić information content (AvgIpc) is 3.06. The largest absolute Gasteiger partial charge is 0.452 e. The van der Waals surface area contributed by atoms with Crippen LogP contribution in [0.5, 0.6) is 0 Å². The van der Waals surface area contributed by atoms with Gasteiger partial charge in [0.05, 0.1) is 24.9 Å². The predicted molar refractivity (Wildman–Crippen MR) is 109 cm³/mol. The molecule has 11 heteroatoms. The van der Waals surface area contributed by atoms with Gasteiger partial charge in [0.2, 0.25) is 0 Å². The average molecular weight is 455 g/mol. The molecule has 3 amide bonds. The van der Waals surface area contributed by atoms with Gasteiger partial charge in [0, 0.05) is 16.3 Å². The van der Waals surface area contributed by atoms with Crippen molar-refractivity contribution >= 4 is 35.1 Å². The lowest BCUT2D eigenvalue weighted by atomic mass is 9.88. The second-order valence-electron chi connectivity index (χ2n) is 6.98. The highest BCUT2D eigenvalue weighted by atomic mass is 35.5. The number of urea groups is 1. The van der Waals surface area contributed by atoms with Crippen molar-refractivity contribution in [1.29, 1.82) is 0 Å². The third-order valence-corrected chi connectivity index (χ3v) is 5.12. The van der Waals surface area contributed by atoms with Gasteiger partial charge in [0.1, 0.15) is 5.54 Å². The Morgan fingerprint density at radius 1 is 1.16 bits per heavy atom. The molecule has 0 saturated heterocycles. The first-order chi connectivity index (χ1) is 14.5. The Hall–Kier alpha value is -3.27. The molecule has 0 aromatic heterocycles. The number of rotatable bonds is 3. The van der Waals surface area contributed by atoms with E-state index in [9.17, 15) is 22.8 Å². The summed E-state index contributed by atoms with van der Waals surface area (Å²) in [6, 6.07) is 9.66. The maximum absolute atomic E-state index is 13.0. The lowest BCUT2D eigenvalue weighted by Crippen LogP contribution is -2.58. The SMILES string of the molecule is COC(=O)N(c1ccc(C(F)(F)F)cc1)C1(C)CN(C(N)=O)N=C1c1ccc(Cl)cc1. The maximum atomic E-state index is 13.0. The molecular weight excluding hydrogens is 437 g/mol. The van der Waals surface area contributed by atoms with Crippen molar-refractivity contribution in [2.45, 2.75) is 18.6 Å². The van der Waals surface area contributed by atoms with Gasteiger partial charge in [-0.05, 0) is 43.3 Å². The van der Waals surface area contributed by atoms with E-state index in [-0.39, 0.29) is 17.9 Å². The van der Waals surface area contributed by atoms with Crippen LogP contribution >= 0.6 is 11.6 Å². The van der Waals surface area contributed by atoms with Crippen molar-refractivity contribution in [3.05, 3.63) is 64.7 Å². The molecule has 0 bridgehead atoms. The molecule has 0 aliphatic carbocycles. The molecule has 1 atom stereocenters. The molecule has 7 nitrogen and oxygen atoms in total. The second kappa shape index (κ2) is 8.10. The Labute approximate surface area is 180 Å². The lowest BCUT2D eigenvalue weighted by Gasteiger charge is -2.38. The highest BCUT2D eigenvalue weighted by Gasteiger charge is 2.49. The molecule has 164 valence electrons. The van der Waals surface area contributed by atoms with E-state index in [2.05, 4.69) is 5.10 Å². The summed E-state index contributed by atoms with van der Waals surface area (Å²) in [5, 5.41) is 5.70. The molecule has 1 aliphatic heterocycles. The Morgan fingerprint density at radius 2 is 1.74 bits per heavy atom. The third kappa shape index (κ3) is 4.29. The minimum atomic E-state index is -4.54. The van der Waals surface area contributed by atoms with Gasteiger partial charge >= 0.3 is 18.3 Å². The van der Waals surface area contributed by atoms with Gasteiger partial charge < -0.3 is 10.5 Å². The van der Waals surface area contributed by atoms with E-state index in [0.29, 0.717) is 10.6 Å². The lowest BCUT2D eigenvalue weighted by molar-refractivity contribution is -0.137. The van der Waals surface area contributed by atoms with Crippen LogP contribution in [0.3, 0.4) is 0 Å². The first kappa shape index (κ1) is 22.4. The number of ether oxygens (including phenoxy) is 1. The van der Waals surface area contributed by atoms with Gasteiger partial charge in [-0.15, -0.1) is 0 Å². The number of methoxy groups -OCH3 is 1. The van der Waals surface area contributed by atoms with E-state index in [4.69, 9.17) is 22.1 Å². The molecule has 31 heavy (non-hydrogen) atoms. The molecule has 1 unspecified atom stereocenters. The predicted octanol–water partition coefficient (Wildman–Crippen LogP) is 4.49. The van der Waals surface area contributed by atoms with Gasteiger partial charge in [-0.25, -0.2) is 14.6 Å². The standard InChI is InChI=1S/C20H18ClF3N4O3/c1-19(11-27(17(25)29)26-16(19)12-3-7-14(21)8-4-12)28(18(30)31-2)15-9-5-13(6-10-15)20(22,23)24/h3-10H,11H2,1-2H3,(H2,25,29). The topological polar surface area (TPSA) is 88.2 Å². The van der Waals surface area contributed by atoms with E-state index >= 15 is 0 Å². The van der Waals surface area contributed by atoms with Crippen LogP contribution in [-0.4, -0.2) is 42.0 Å². The molecule has 0 fully saturated rings. The number of carbonyl (C=O) groups excluding carboxylic acids is 2. The Kier molecular flexibility index (Phi) is 5.86. The molecule has 1 aliphatic rings. The number of alkyl halides is 3. The van der Waals surface area contributed by atoms with Gasteiger partial charge in [0.15, 0.2) is 0 Å². The number of nitrogens with two attached hydrogens (primary N) is 1. The van der Waals surface area contributed by atoms with E-state index < -0.39 is 29.4 Å². The fourth-order valence-electron chi connectivity index (χ4n) is 3.39. The number of primary amides is 1. The Bertz CT molecular complexity index is 1030. The van der Waals surface area contributed by atoms with Crippen molar-refractivity contribution in [2.24, 2.45) is 10.8 Å². The fourth-order valence-corrected chi connectivity index (χ4v) is 3.52. The third-order valence-electron chi connectivity index (χ3n) is 4.86. The highest BCUT2D eigenvalue weighted by Crippen LogP contribution is 2.36. The number of hydrogen-bond donors (Lipinski definition) is 1. The van der Waals surface area contributed by atoms with Gasteiger partial charge in [-0.3, -0.25) is 4.90 Å². The summed E-state index contributed by atoms with van der Waals surface area (Å²) in [7, 11) is 1.14. The second-order valence-corrected chi connectivity index (χ2v) is 7.41. The van der Waals surface area contributed by atoms with Crippen molar-refractivity contribution in [3.63, 3.8) is 0 Å².